The van der Waals surface area contributed by atoms with Gasteiger partial charge in [-0.2, -0.15) is 0 Å². The Morgan fingerprint density at radius 1 is 1.09 bits per heavy atom. The van der Waals surface area contributed by atoms with Gasteiger partial charge in [-0.3, -0.25) is 0 Å². The molecule has 0 fully saturated rings. The second kappa shape index (κ2) is 5.29. The molecule has 0 aromatic heterocycles. The zero-order valence-corrected chi connectivity index (χ0v) is 6.82. The highest BCUT2D eigenvalue weighted by molar-refractivity contribution is 4.81. The van der Waals surface area contributed by atoms with Gasteiger partial charge >= 0.3 is 0 Å². The first kappa shape index (κ1) is 10.6. The van der Waals surface area contributed by atoms with Crippen LogP contribution in [-0.2, 0) is 0 Å². The molecule has 0 aliphatic carbocycles. The minimum absolute atomic E-state index is 0.0345. The molecule has 0 aromatic carbocycles. The van der Waals surface area contributed by atoms with Crippen molar-refractivity contribution in [1.82, 2.24) is 0 Å². The molecule has 0 heterocycles. The van der Waals surface area contributed by atoms with Crippen molar-refractivity contribution in [1.29, 1.82) is 0 Å². The van der Waals surface area contributed by atoms with Crippen molar-refractivity contribution < 1.29 is 15.3 Å². The third-order valence-electron chi connectivity index (χ3n) is 1.27. The van der Waals surface area contributed by atoms with Crippen molar-refractivity contribution >= 4 is 0 Å². The van der Waals surface area contributed by atoms with Crippen molar-refractivity contribution in [3.05, 3.63) is 12.2 Å². The summed E-state index contributed by atoms with van der Waals surface area (Å²) in [6.45, 7) is 2.07. The summed E-state index contributed by atoms with van der Waals surface area (Å²) in [4.78, 5) is 0. The van der Waals surface area contributed by atoms with Crippen LogP contribution < -0.4 is 0 Å². The van der Waals surface area contributed by atoms with Crippen LogP contribution in [0.4, 0.5) is 0 Å². The Labute approximate surface area is 67.0 Å². The lowest BCUT2D eigenvalue weighted by atomic mass is 10.2. The maximum atomic E-state index is 8.45. The van der Waals surface area contributed by atoms with Crippen LogP contribution in [0.25, 0.3) is 0 Å². The summed E-state index contributed by atoms with van der Waals surface area (Å²) in [6.07, 6.45) is 6.33. The lowest BCUT2D eigenvalue weighted by Crippen LogP contribution is -2.26. The van der Waals surface area contributed by atoms with E-state index in [9.17, 15) is 0 Å². The molecule has 0 radical (unpaired) electrons. The molecule has 0 aliphatic rings. The fraction of sp³-hybridized carbons (Fsp3) is 0.750. The van der Waals surface area contributed by atoms with Crippen molar-refractivity contribution in [3.8, 4) is 0 Å². The molecule has 0 amide bonds. The molecule has 3 nitrogen and oxygen atoms in total. The molecule has 11 heavy (non-hydrogen) atoms. The normalized spacial score (nSPS) is 12.7. The largest absolute Gasteiger partial charge is 0.344 e. The van der Waals surface area contributed by atoms with Crippen LogP contribution in [0.15, 0.2) is 12.2 Å². The van der Waals surface area contributed by atoms with Crippen LogP contribution in [0.5, 0.6) is 0 Å². The molecule has 3 N–H and O–H groups in total. The summed E-state index contributed by atoms with van der Waals surface area (Å²) >= 11 is 0. The summed E-state index contributed by atoms with van der Waals surface area (Å²) in [5, 5.41) is 25.4. The van der Waals surface area contributed by atoms with E-state index in [2.05, 4.69) is 6.92 Å². The van der Waals surface area contributed by atoms with Crippen LogP contribution in [0.2, 0.25) is 0 Å². The number of aliphatic hydroxyl groups is 3. The lowest BCUT2D eigenvalue weighted by Gasteiger charge is -2.11. The van der Waals surface area contributed by atoms with E-state index in [1.54, 1.807) is 0 Å². The van der Waals surface area contributed by atoms with Crippen molar-refractivity contribution in [2.75, 3.05) is 0 Å². The fourth-order valence-electron chi connectivity index (χ4n) is 0.679. The van der Waals surface area contributed by atoms with E-state index in [4.69, 9.17) is 15.3 Å². The fourth-order valence-corrected chi connectivity index (χ4v) is 0.679. The average molecular weight is 160 g/mol. The lowest BCUT2D eigenvalue weighted by molar-refractivity contribution is -0.313. The first-order valence-corrected chi connectivity index (χ1v) is 3.88. The first-order chi connectivity index (χ1) is 5.06. The van der Waals surface area contributed by atoms with E-state index in [1.807, 2.05) is 12.2 Å². The zero-order chi connectivity index (χ0) is 8.74. The molecular weight excluding hydrogens is 144 g/mol. The Morgan fingerprint density at radius 3 is 2.09 bits per heavy atom. The second-order valence-electron chi connectivity index (χ2n) is 2.57. The highest BCUT2D eigenvalue weighted by Gasteiger charge is 2.15. The van der Waals surface area contributed by atoms with Gasteiger partial charge in [0, 0.05) is 6.42 Å². The summed E-state index contributed by atoms with van der Waals surface area (Å²) in [6, 6.07) is 0. The van der Waals surface area contributed by atoms with Crippen molar-refractivity contribution in [2.45, 2.75) is 38.6 Å². The van der Waals surface area contributed by atoms with Crippen LogP contribution in [0.1, 0.15) is 32.6 Å². The smallest absolute Gasteiger partial charge is 0.275 e. The van der Waals surface area contributed by atoms with Gasteiger partial charge in [0.25, 0.3) is 5.97 Å². The summed E-state index contributed by atoms with van der Waals surface area (Å²) in [7, 11) is 0. The van der Waals surface area contributed by atoms with Gasteiger partial charge < -0.3 is 15.3 Å². The molecule has 3 heteroatoms. The van der Waals surface area contributed by atoms with Crippen molar-refractivity contribution in [3.63, 3.8) is 0 Å². The van der Waals surface area contributed by atoms with E-state index in [0.717, 1.165) is 12.8 Å². The number of hydrogen-bond donors (Lipinski definition) is 3. The van der Waals surface area contributed by atoms with Crippen LogP contribution in [0, 0.1) is 0 Å². The van der Waals surface area contributed by atoms with Gasteiger partial charge in [-0.05, 0) is 12.8 Å². The SMILES string of the molecule is CCCC=CCCC(O)(O)O. The van der Waals surface area contributed by atoms with E-state index in [0.29, 0.717) is 6.42 Å². The highest BCUT2D eigenvalue weighted by atomic mass is 16.7. The van der Waals surface area contributed by atoms with Gasteiger partial charge in [0.05, 0.1) is 0 Å². The molecule has 66 valence electrons. The number of unbranched alkanes of at least 4 members (excludes halogenated alkanes) is 1. The van der Waals surface area contributed by atoms with Gasteiger partial charge in [-0.15, -0.1) is 0 Å². The van der Waals surface area contributed by atoms with E-state index < -0.39 is 5.97 Å². The molecule has 0 aliphatic heterocycles. The molecule has 0 saturated heterocycles. The minimum atomic E-state index is -2.50. The van der Waals surface area contributed by atoms with E-state index in [1.165, 1.54) is 0 Å². The number of rotatable bonds is 5. The maximum absolute atomic E-state index is 8.45. The Bertz CT molecular complexity index is 113. The molecule has 0 saturated carbocycles. The van der Waals surface area contributed by atoms with Gasteiger partial charge in [0.15, 0.2) is 0 Å². The third kappa shape index (κ3) is 9.62. The van der Waals surface area contributed by atoms with Gasteiger partial charge in [0.1, 0.15) is 0 Å². The molecule has 0 aromatic rings. The average Bonchev–Trinajstić information content (AvgIpc) is 1.85. The predicted molar refractivity (Wildman–Crippen MR) is 42.7 cm³/mol. The topological polar surface area (TPSA) is 60.7 Å². The monoisotopic (exact) mass is 160 g/mol. The Kier molecular flexibility index (Phi) is 5.11. The van der Waals surface area contributed by atoms with Gasteiger partial charge in [-0.1, -0.05) is 25.5 Å². The molecule has 0 rings (SSSR count). The number of allylic oxidation sites excluding steroid dienone is 2. The molecular formula is C8H16O3. The predicted octanol–water partition coefficient (Wildman–Crippen LogP) is 0.754. The van der Waals surface area contributed by atoms with Crippen LogP contribution >= 0.6 is 0 Å². The standard InChI is InChI=1S/C8H16O3/c1-2-3-4-5-6-7-8(9,10)11/h4-5,9-11H,2-3,6-7H2,1H3. The first-order valence-electron chi connectivity index (χ1n) is 3.88. The molecule has 0 atom stereocenters. The zero-order valence-electron chi connectivity index (χ0n) is 6.82. The van der Waals surface area contributed by atoms with E-state index >= 15 is 0 Å². The Balaban J connectivity index is 3.27. The highest BCUT2D eigenvalue weighted by Crippen LogP contribution is 2.04. The molecule has 0 bridgehead atoms. The van der Waals surface area contributed by atoms with Gasteiger partial charge in [0.2, 0.25) is 0 Å². The summed E-state index contributed by atoms with van der Waals surface area (Å²) in [5.74, 6) is -2.50. The number of hydrogen-bond acceptors (Lipinski definition) is 3. The van der Waals surface area contributed by atoms with Crippen LogP contribution in [-0.4, -0.2) is 21.3 Å². The van der Waals surface area contributed by atoms with Crippen LogP contribution in [0.3, 0.4) is 0 Å². The second-order valence-corrected chi connectivity index (χ2v) is 2.57. The third-order valence-corrected chi connectivity index (χ3v) is 1.27. The quantitative estimate of drug-likeness (QED) is 0.411. The summed E-state index contributed by atoms with van der Waals surface area (Å²) < 4.78 is 0. The summed E-state index contributed by atoms with van der Waals surface area (Å²) in [5.41, 5.74) is 0. The Hall–Kier alpha value is -0.380. The molecule has 0 spiro atoms. The molecule has 0 unspecified atom stereocenters. The maximum Gasteiger partial charge on any atom is 0.275 e. The Morgan fingerprint density at radius 2 is 1.64 bits per heavy atom. The van der Waals surface area contributed by atoms with E-state index in [-0.39, 0.29) is 6.42 Å². The van der Waals surface area contributed by atoms with Crippen molar-refractivity contribution in [2.24, 2.45) is 0 Å². The van der Waals surface area contributed by atoms with Gasteiger partial charge in [-0.25, -0.2) is 0 Å². The minimum Gasteiger partial charge on any atom is -0.344 e.